The molecule has 1 aromatic rings. The number of aromatic nitrogens is 1. The average molecular weight is 193 g/mol. The first-order chi connectivity index (χ1) is 6.79. The molecule has 0 atom stereocenters. The highest BCUT2D eigenvalue weighted by Crippen LogP contribution is 2.22. The van der Waals surface area contributed by atoms with Gasteiger partial charge >= 0.3 is 0 Å². The van der Waals surface area contributed by atoms with Crippen molar-refractivity contribution in [3.63, 3.8) is 0 Å². The highest BCUT2D eigenvalue weighted by molar-refractivity contribution is 5.54. The maximum absolute atomic E-state index is 5.65. The molecule has 0 aliphatic carbocycles. The van der Waals surface area contributed by atoms with Crippen molar-refractivity contribution >= 4 is 11.4 Å². The molecule has 0 radical (unpaired) electrons. The highest BCUT2D eigenvalue weighted by atomic mass is 16.5. The number of anilines is 2. The van der Waals surface area contributed by atoms with Gasteiger partial charge in [-0.25, -0.2) is 0 Å². The molecule has 1 aliphatic heterocycles. The van der Waals surface area contributed by atoms with Crippen molar-refractivity contribution < 1.29 is 4.74 Å². The van der Waals surface area contributed by atoms with E-state index >= 15 is 0 Å². The third-order valence-corrected chi connectivity index (χ3v) is 2.36. The minimum absolute atomic E-state index is 0.376. The first-order valence-electron chi connectivity index (χ1n) is 4.86. The van der Waals surface area contributed by atoms with Crippen LogP contribution in [0.5, 0.6) is 0 Å². The molecule has 1 fully saturated rings. The first kappa shape index (κ1) is 9.27. The van der Waals surface area contributed by atoms with Gasteiger partial charge in [-0.15, -0.1) is 0 Å². The van der Waals surface area contributed by atoms with Crippen molar-refractivity contribution in [3.8, 4) is 0 Å². The summed E-state index contributed by atoms with van der Waals surface area (Å²) in [6, 6.07) is 1.94. The van der Waals surface area contributed by atoms with E-state index in [2.05, 4.69) is 9.88 Å². The van der Waals surface area contributed by atoms with Crippen LogP contribution in [0.3, 0.4) is 0 Å². The highest BCUT2D eigenvalue weighted by Gasteiger charge is 2.27. The van der Waals surface area contributed by atoms with Crippen molar-refractivity contribution in [1.29, 1.82) is 0 Å². The average Bonchev–Trinajstić information content (AvgIpc) is 2.10. The van der Waals surface area contributed by atoms with Crippen molar-refractivity contribution in [2.24, 2.45) is 0 Å². The third-order valence-electron chi connectivity index (χ3n) is 2.36. The summed E-state index contributed by atoms with van der Waals surface area (Å²) in [7, 11) is 0. The van der Waals surface area contributed by atoms with E-state index in [0.717, 1.165) is 25.4 Å². The second-order valence-corrected chi connectivity index (χ2v) is 3.46. The zero-order valence-electron chi connectivity index (χ0n) is 8.31. The Balaban J connectivity index is 1.93. The lowest BCUT2D eigenvalue weighted by Gasteiger charge is -2.40. The monoisotopic (exact) mass is 193 g/mol. The summed E-state index contributed by atoms with van der Waals surface area (Å²) >= 11 is 0. The molecular formula is C10H15N3O. The summed E-state index contributed by atoms with van der Waals surface area (Å²) in [5.74, 6) is 0. The van der Waals surface area contributed by atoms with Crippen LogP contribution in [0.2, 0.25) is 0 Å². The smallest absolute Gasteiger partial charge is 0.0924 e. The van der Waals surface area contributed by atoms with Gasteiger partial charge in [-0.3, -0.25) is 4.98 Å². The SMILES string of the molecule is CCOC1CN(c2cncc(N)c2)C1. The van der Waals surface area contributed by atoms with Crippen molar-refractivity contribution in [2.75, 3.05) is 30.3 Å². The Labute approximate surface area is 83.7 Å². The Bertz CT molecular complexity index is 310. The third kappa shape index (κ3) is 1.80. The Kier molecular flexibility index (Phi) is 2.54. The predicted octanol–water partition coefficient (Wildman–Crippen LogP) is 0.889. The summed E-state index contributed by atoms with van der Waals surface area (Å²) in [5.41, 5.74) is 7.44. The van der Waals surface area contributed by atoms with E-state index < -0.39 is 0 Å². The number of pyridine rings is 1. The minimum Gasteiger partial charge on any atom is -0.397 e. The number of nitrogens with two attached hydrogens (primary N) is 1. The predicted molar refractivity (Wildman–Crippen MR) is 56.3 cm³/mol. The number of ether oxygens (including phenoxy) is 1. The molecule has 14 heavy (non-hydrogen) atoms. The van der Waals surface area contributed by atoms with Gasteiger partial charge in [0.1, 0.15) is 0 Å². The van der Waals surface area contributed by atoms with E-state index in [9.17, 15) is 0 Å². The van der Waals surface area contributed by atoms with Gasteiger partial charge in [-0.1, -0.05) is 0 Å². The summed E-state index contributed by atoms with van der Waals surface area (Å²) < 4.78 is 5.47. The molecule has 1 aromatic heterocycles. The standard InChI is InChI=1S/C10H15N3O/c1-2-14-10-6-13(7-10)9-3-8(11)4-12-5-9/h3-5,10H,2,6-7,11H2,1H3. The Hall–Kier alpha value is -1.29. The molecular weight excluding hydrogens is 178 g/mol. The maximum atomic E-state index is 5.65. The van der Waals surface area contributed by atoms with Crippen LogP contribution in [0.4, 0.5) is 11.4 Å². The fourth-order valence-corrected chi connectivity index (χ4v) is 1.61. The molecule has 0 unspecified atom stereocenters. The Morgan fingerprint density at radius 2 is 2.36 bits per heavy atom. The normalized spacial score (nSPS) is 16.8. The lowest BCUT2D eigenvalue weighted by Crippen LogP contribution is -2.52. The van der Waals surface area contributed by atoms with Gasteiger partial charge in [0, 0.05) is 25.9 Å². The molecule has 0 bridgehead atoms. The zero-order valence-corrected chi connectivity index (χ0v) is 8.31. The molecule has 4 nitrogen and oxygen atoms in total. The van der Waals surface area contributed by atoms with Gasteiger partial charge < -0.3 is 15.4 Å². The van der Waals surface area contributed by atoms with Crippen molar-refractivity contribution in [3.05, 3.63) is 18.5 Å². The zero-order chi connectivity index (χ0) is 9.97. The van der Waals surface area contributed by atoms with E-state index in [-0.39, 0.29) is 0 Å². The fourth-order valence-electron chi connectivity index (χ4n) is 1.61. The van der Waals surface area contributed by atoms with E-state index in [0.29, 0.717) is 11.8 Å². The molecule has 0 saturated carbocycles. The van der Waals surface area contributed by atoms with Gasteiger partial charge in [0.25, 0.3) is 0 Å². The van der Waals surface area contributed by atoms with E-state index in [4.69, 9.17) is 10.5 Å². The molecule has 1 aliphatic rings. The van der Waals surface area contributed by atoms with Crippen LogP contribution in [0.25, 0.3) is 0 Å². The molecule has 0 amide bonds. The number of rotatable bonds is 3. The van der Waals surface area contributed by atoms with Crippen LogP contribution in [-0.4, -0.2) is 30.8 Å². The summed E-state index contributed by atoms with van der Waals surface area (Å²) in [5, 5.41) is 0. The van der Waals surface area contributed by atoms with Gasteiger partial charge in [-0.2, -0.15) is 0 Å². The molecule has 2 N–H and O–H groups in total. The van der Waals surface area contributed by atoms with E-state index in [1.807, 2.05) is 19.2 Å². The topological polar surface area (TPSA) is 51.4 Å². The van der Waals surface area contributed by atoms with Gasteiger partial charge in [0.2, 0.25) is 0 Å². The van der Waals surface area contributed by atoms with Crippen LogP contribution >= 0.6 is 0 Å². The van der Waals surface area contributed by atoms with Gasteiger partial charge in [0.05, 0.1) is 23.7 Å². The molecule has 2 rings (SSSR count). The summed E-state index contributed by atoms with van der Waals surface area (Å²) in [4.78, 5) is 6.26. The van der Waals surface area contributed by atoms with Crippen LogP contribution < -0.4 is 10.6 Å². The van der Waals surface area contributed by atoms with Crippen LogP contribution in [0.15, 0.2) is 18.5 Å². The Morgan fingerprint density at radius 3 is 3.00 bits per heavy atom. The quantitative estimate of drug-likeness (QED) is 0.774. The fraction of sp³-hybridized carbons (Fsp3) is 0.500. The number of hydrogen-bond acceptors (Lipinski definition) is 4. The minimum atomic E-state index is 0.376. The van der Waals surface area contributed by atoms with Gasteiger partial charge in [0.15, 0.2) is 0 Å². The van der Waals surface area contributed by atoms with Crippen LogP contribution in [0.1, 0.15) is 6.92 Å². The number of nitrogen functional groups attached to an aromatic ring is 1. The number of hydrogen-bond donors (Lipinski definition) is 1. The molecule has 2 heterocycles. The second kappa shape index (κ2) is 3.84. The number of nitrogens with zero attached hydrogens (tertiary/aromatic N) is 2. The van der Waals surface area contributed by atoms with Crippen molar-refractivity contribution in [1.82, 2.24) is 4.98 Å². The molecule has 0 spiro atoms. The molecule has 0 aromatic carbocycles. The lowest BCUT2D eigenvalue weighted by molar-refractivity contribution is 0.0430. The van der Waals surface area contributed by atoms with E-state index in [1.54, 1.807) is 6.20 Å². The molecule has 76 valence electrons. The largest absolute Gasteiger partial charge is 0.397 e. The summed E-state index contributed by atoms with van der Waals surface area (Å²) in [6.07, 6.45) is 3.86. The summed E-state index contributed by atoms with van der Waals surface area (Å²) in [6.45, 7) is 4.69. The second-order valence-electron chi connectivity index (χ2n) is 3.46. The van der Waals surface area contributed by atoms with Crippen LogP contribution in [-0.2, 0) is 4.74 Å². The Morgan fingerprint density at radius 1 is 1.57 bits per heavy atom. The molecule has 4 heteroatoms. The van der Waals surface area contributed by atoms with Crippen molar-refractivity contribution in [2.45, 2.75) is 13.0 Å². The maximum Gasteiger partial charge on any atom is 0.0924 e. The van der Waals surface area contributed by atoms with E-state index in [1.165, 1.54) is 0 Å². The lowest BCUT2D eigenvalue weighted by atomic mass is 10.1. The van der Waals surface area contributed by atoms with Crippen LogP contribution in [0, 0.1) is 0 Å². The molecule has 1 saturated heterocycles. The van der Waals surface area contributed by atoms with Gasteiger partial charge in [-0.05, 0) is 13.0 Å². The first-order valence-corrected chi connectivity index (χ1v) is 4.86.